The van der Waals surface area contributed by atoms with Crippen LogP contribution in [0.25, 0.3) is 0 Å². The second kappa shape index (κ2) is 5.27. The predicted octanol–water partition coefficient (Wildman–Crippen LogP) is 1.12. The number of nitrogen functional groups attached to an aromatic ring is 1. The maximum Gasteiger partial charge on any atom is 0.254 e. The first-order valence-corrected chi connectivity index (χ1v) is 5.65. The van der Waals surface area contributed by atoms with E-state index in [1.807, 2.05) is 0 Å². The second-order valence-corrected chi connectivity index (χ2v) is 4.83. The van der Waals surface area contributed by atoms with Gasteiger partial charge in [-0.1, -0.05) is 0 Å². The highest BCUT2D eigenvalue weighted by atomic mass is 16.5. The first-order chi connectivity index (χ1) is 8.31. The summed E-state index contributed by atoms with van der Waals surface area (Å²) in [6.07, 6.45) is 0. The van der Waals surface area contributed by atoms with Crippen molar-refractivity contribution in [2.45, 2.75) is 19.4 Å². The van der Waals surface area contributed by atoms with Gasteiger partial charge in [0.2, 0.25) is 0 Å². The quantitative estimate of drug-likeness (QED) is 0.787. The van der Waals surface area contributed by atoms with Gasteiger partial charge in [0.15, 0.2) is 0 Å². The minimum Gasteiger partial charge on any atom is -0.497 e. The topological polar surface area (TPSA) is 75.8 Å². The Hall–Kier alpha value is -1.75. The monoisotopic (exact) mass is 252 g/mol. The molecule has 0 aliphatic carbocycles. The molecule has 1 amide bonds. The van der Waals surface area contributed by atoms with E-state index in [0.717, 1.165) is 0 Å². The third-order valence-electron chi connectivity index (χ3n) is 3.01. The van der Waals surface area contributed by atoms with Crippen LogP contribution in [-0.4, -0.2) is 42.2 Å². The summed E-state index contributed by atoms with van der Waals surface area (Å²) >= 11 is 0. The molecule has 0 radical (unpaired) electrons. The molecule has 5 nitrogen and oxygen atoms in total. The molecule has 0 aromatic heterocycles. The summed E-state index contributed by atoms with van der Waals surface area (Å²) in [7, 11) is 3.17. The Kier molecular flexibility index (Phi) is 4.19. The van der Waals surface area contributed by atoms with Crippen LogP contribution in [0.3, 0.4) is 0 Å². The van der Waals surface area contributed by atoms with Crippen molar-refractivity contribution in [2.24, 2.45) is 0 Å². The summed E-state index contributed by atoms with van der Waals surface area (Å²) < 4.78 is 5.08. The van der Waals surface area contributed by atoms with Crippen LogP contribution in [0.2, 0.25) is 0 Å². The van der Waals surface area contributed by atoms with Crippen LogP contribution in [0, 0.1) is 0 Å². The zero-order valence-corrected chi connectivity index (χ0v) is 11.2. The van der Waals surface area contributed by atoms with Crippen LogP contribution in [0.5, 0.6) is 5.75 Å². The molecular weight excluding hydrogens is 232 g/mol. The van der Waals surface area contributed by atoms with Gasteiger partial charge in [-0.3, -0.25) is 4.79 Å². The molecule has 1 rings (SSSR count). The number of nitrogens with two attached hydrogens (primary N) is 1. The van der Waals surface area contributed by atoms with Crippen LogP contribution < -0.4 is 10.5 Å². The number of carbonyl (C=O) groups is 1. The lowest BCUT2D eigenvalue weighted by atomic mass is 10.0. The number of aliphatic hydroxyl groups is 1. The maximum absolute atomic E-state index is 12.3. The molecule has 3 N–H and O–H groups in total. The molecule has 100 valence electrons. The second-order valence-electron chi connectivity index (χ2n) is 4.83. The van der Waals surface area contributed by atoms with Gasteiger partial charge in [-0.15, -0.1) is 0 Å². The lowest BCUT2D eigenvalue weighted by molar-refractivity contribution is 0.0473. The number of amides is 1. The van der Waals surface area contributed by atoms with E-state index >= 15 is 0 Å². The van der Waals surface area contributed by atoms with E-state index in [9.17, 15) is 9.90 Å². The van der Waals surface area contributed by atoms with Crippen molar-refractivity contribution in [1.82, 2.24) is 4.90 Å². The molecule has 0 aliphatic rings. The Balaban J connectivity index is 3.07. The van der Waals surface area contributed by atoms with E-state index in [1.54, 1.807) is 39.1 Å². The number of hydrogen-bond acceptors (Lipinski definition) is 4. The molecule has 5 heteroatoms. The molecule has 0 spiro atoms. The number of anilines is 1. The average molecular weight is 252 g/mol. The number of likely N-dealkylation sites (N-methyl/N-ethyl adjacent to an activating group) is 1. The summed E-state index contributed by atoms with van der Waals surface area (Å²) in [6, 6.07) is 4.87. The summed E-state index contributed by atoms with van der Waals surface area (Å²) in [5.41, 5.74) is 5.99. The Morgan fingerprint density at radius 2 is 2.06 bits per heavy atom. The summed E-state index contributed by atoms with van der Waals surface area (Å²) in [5, 5.41) is 9.27. The van der Waals surface area contributed by atoms with Gasteiger partial charge in [0.1, 0.15) is 5.75 Å². The fourth-order valence-electron chi connectivity index (χ4n) is 1.44. The standard InChI is InChI=1S/C13H20N2O3/c1-13(2,8-16)15(3)12(17)9-5-10(14)7-11(6-9)18-4/h5-7,16H,8,14H2,1-4H3. The van der Waals surface area contributed by atoms with E-state index in [0.29, 0.717) is 17.0 Å². The molecule has 0 unspecified atom stereocenters. The molecule has 0 bridgehead atoms. The average Bonchev–Trinajstić information content (AvgIpc) is 2.36. The maximum atomic E-state index is 12.3. The van der Waals surface area contributed by atoms with Gasteiger partial charge >= 0.3 is 0 Å². The first kappa shape index (κ1) is 14.3. The molecular formula is C13H20N2O3. The third kappa shape index (κ3) is 2.92. The van der Waals surface area contributed by atoms with Crippen molar-refractivity contribution < 1.29 is 14.6 Å². The number of aliphatic hydroxyl groups excluding tert-OH is 1. The number of nitrogens with zero attached hydrogens (tertiary/aromatic N) is 1. The van der Waals surface area contributed by atoms with Crippen LogP contribution in [0.4, 0.5) is 5.69 Å². The van der Waals surface area contributed by atoms with Gasteiger partial charge in [0.05, 0.1) is 19.3 Å². The smallest absolute Gasteiger partial charge is 0.254 e. The molecule has 1 aromatic rings. The Labute approximate surface area is 107 Å². The molecule has 0 heterocycles. The van der Waals surface area contributed by atoms with Crippen LogP contribution >= 0.6 is 0 Å². The fourth-order valence-corrected chi connectivity index (χ4v) is 1.44. The first-order valence-electron chi connectivity index (χ1n) is 5.65. The van der Waals surface area contributed by atoms with Gasteiger partial charge in [-0.2, -0.15) is 0 Å². The highest BCUT2D eigenvalue weighted by Gasteiger charge is 2.27. The highest BCUT2D eigenvalue weighted by Crippen LogP contribution is 2.22. The van der Waals surface area contributed by atoms with Gasteiger partial charge in [-0.25, -0.2) is 0 Å². The van der Waals surface area contributed by atoms with Crippen molar-refractivity contribution in [3.8, 4) is 5.75 Å². The minimum atomic E-state index is -0.630. The zero-order valence-electron chi connectivity index (χ0n) is 11.2. The lowest BCUT2D eigenvalue weighted by Gasteiger charge is -2.34. The fraction of sp³-hybridized carbons (Fsp3) is 0.462. The van der Waals surface area contributed by atoms with Crippen LogP contribution in [0.1, 0.15) is 24.2 Å². The highest BCUT2D eigenvalue weighted by molar-refractivity contribution is 5.95. The predicted molar refractivity (Wildman–Crippen MR) is 70.7 cm³/mol. The Morgan fingerprint density at radius 3 is 2.56 bits per heavy atom. The van der Waals surface area contributed by atoms with Crippen molar-refractivity contribution in [2.75, 3.05) is 26.5 Å². The molecule has 0 aliphatic heterocycles. The summed E-state index contributed by atoms with van der Waals surface area (Å²) in [5.74, 6) is 0.327. The number of hydrogen-bond donors (Lipinski definition) is 2. The third-order valence-corrected chi connectivity index (χ3v) is 3.01. The largest absolute Gasteiger partial charge is 0.497 e. The minimum absolute atomic E-state index is 0.116. The Morgan fingerprint density at radius 1 is 1.44 bits per heavy atom. The molecule has 0 saturated heterocycles. The van der Waals surface area contributed by atoms with Gasteiger partial charge in [0, 0.05) is 24.4 Å². The molecule has 0 atom stereocenters. The van der Waals surface area contributed by atoms with Crippen molar-refractivity contribution in [3.05, 3.63) is 23.8 Å². The number of carbonyl (C=O) groups excluding carboxylic acids is 1. The number of methoxy groups -OCH3 is 1. The normalized spacial score (nSPS) is 11.2. The van der Waals surface area contributed by atoms with E-state index in [-0.39, 0.29) is 12.5 Å². The van der Waals surface area contributed by atoms with E-state index in [2.05, 4.69) is 0 Å². The number of ether oxygens (including phenoxy) is 1. The van der Waals surface area contributed by atoms with Gasteiger partial charge in [0.25, 0.3) is 5.91 Å². The van der Waals surface area contributed by atoms with Crippen LogP contribution in [-0.2, 0) is 0 Å². The van der Waals surface area contributed by atoms with Crippen LogP contribution in [0.15, 0.2) is 18.2 Å². The number of benzene rings is 1. The molecule has 0 fully saturated rings. The molecule has 0 saturated carbocycles. The molecule has 1 aromatic carbocycles. The summed E-state index contributed by atoms with van der Waals surface area (Å²) in [6.45, 7) is 3.46. The van der Waals surface area contributed by atoms with Gasteiger partial charge in [-0.05, 0) is 26.0 Å². The lowest BCUT2D eigenvalue weighted by Crippen LogP contribution is -2.47. The van der Waals surface area contributed by atoms with E-state index < -0.39 is 5.54 Å². The molecule has 18 heavy (non-hydrogen) atoms. The van der Waals surface area contributed by atoms with Crippen molar-refractivity contribution in [1.29, 1.82) is 0 Å². The van der Waals surface area contributed by atoms with E-state index in [1.165, 1.54) is 12.0 Å². The number of rotatable bonds is 4. The van der Waals surface area contributed by atoms with E-state index in [4.69, 9.17) is 10.5 Å². The van der Waals surface area contributed by atoms with Crippen molar-refractivity contribution >= 4 is 11.6 Å². The van der Waals surface area contributed by atoms with Crippen molar-refractivity contribution in [3.63, 3.8) is 0 Å². The SMILES string of the molecule is COc1cc(N)cc(C(=O)N(C)C(C)(C)CO)c1. The van der Waals surface area contributed by atoms with Gasteiger partial charge < -0.3 is 20.5 Å². The Bertz CT molecular complexity index is 444. The summed E-state index contributed by atoms with van der Waals surface area (Å²) in [4.78, 5) is 13.8. The zero-order chi connectivity index (χ0) is 13.9.